The first-order valence-electron chi connectivity index (χ1n) is 29.6. The lowest BCUT2D eigenvalue weighted by molar-refractivity contribution is 1.17. The fourth-order valence-corrected chi connectivity index (χ4v) is 13.4. The minimum atomic E-state index is 1.10. The highest BCUT2D eigenvalue weighted by Crippen LogP contribution is 2.45. The predicted octanol–water partition coefficient (Wildman–Crippen LogP) is 22.9. The molecule has 16 rings (SSSR count). The first-order valence-corrected chi connectivity index (χ1v) is 29.6. The third kappa shape index (κ3) is 8.83. The van der Waals surface area contributed by atoms with Crippen molar-refractivity contribution < 1.29 is 0 Å². The molecule has 16 aromatic rings. The van der Waals surface area contributed by atoms with Crippen LogP contribution in [0.25, 0.3) is 155 Å². The topological polar surface area (TPSA) is 9.86 Å². The summed E-state index contributed by atoms with van der Waals surface area (Å²) < 4.78 is 4.97. The smallest absolute Gasteiger partial charge is 0.0541 e. The average Bonchev–Trinajstić information content (AvgIpc) is 1.70. The van der Waals surface area contributed by atoms with Crippen molar-refractivity contribution in [3.8, 4) is 112 Å². The van der Waals surface area contributed by atoms with Crippen molar-refractivity contribution in [3.63, 3.8) is 0 Å². The Balaban J connectivity index is 0.880. The lowest BCUT2D eigenvalue weighted by atomic mass is 9.92. The van der Waals surface area contributed by atoms with Gasteiger partial charge in [0.1, 0.15) is 0 Å². The molecule has 0 fully saturated rings. The highest BCUT2D eigenvalue weighted by molar-refractivity contribution is 6.14. The van der Waals surface area contributed by atoms with E-state index in [1.807, 2.05) is 0 Å². The van der Waals surface area contributed by atoms with E-state index in [1.165, 1.54) is 111 Å². The normalized spacial score (nSPS) is 11.5. The van der Waals surface area contributed by atoms with E-state index in [2.05, 4.69) is 349 Å². The first-order chi connectivity index (χ1) is 42.7. The summed E-state index contributed by atoms with van der Waals surface area (Å²) in [6, 6.07) is 125. The lowest BCUT2D eigenvalue weighted by Gasteiger charge is -2.16. The molecule has 402 valence electrons. The van der Waals surface area contributed by atoms with Crippen molar-refractivity contribution in [2.75, 3.05) is 0 Å². The minimum Gasteiger partial charge on any atom is -0.309 e. The summed E-state index contributed by atoms with van der Waals surface area (Å²) in [5, 5.41) is 4.80. The van der Waals surface area contributed by atoms with Gasteiger partial charge in [0.2, 0.25) is 0 Å². The molecule has 0 aliphatic carbocycles. The maximum Gasteiger partial charge on any atom is 0.0541 e. The van der Waals surface area contributed by atoms with Gasteiger partial charge in [-0.15, -0.1) is 0 Å². The molecule has 0 saturated carbocycles. The molecular weight excluding hydrogens is 1040 g/mol. The van der Waals surface area contributed by atoms with Gasteiger partial charge < -0.3 is 9.13 Å². The zero-order valence-electron chi connectivity index (χ0n) is 47.2. The van der Waals surface area contributed by atoms with E-state index in [4.69, 9.17) is 0 Å². The second-order valence-electron chi connectivity index (χ2n) is 22.3. The Morgan fingerprint density at radius 1 is 0.151 bits per heavy atom. The number of aromatic nitrogens is 2. The molecule has 0 aliphatic rings. The van der Waals surface area contributed by atoms with Gasteiger partial charge in [-0.2, -0.15) is 0 Å². The third-order valence-corrected chi connectivity index (χ3v) is 17.4. The summed E-state index contributed by atoms with van der Waals surface area (Å²) in [6.45, 7) is 0. The van der Waals surface area contributed by atoms with Crippen LogP contribution < -0.4 is 0 Å². The first kappa shape index (κ1) is 50.4. The number of para-hydroxylation sites is 1. The number of nitrogens with zero attached hydrogens (tertiary/aromatic N) is 2. The van der Waals surface area contributed by atoms with Gasteiger partial charge in [0.25, 0.3) is 0 Å². The molecule has 2 nitrogen and oxygen atoms in total. The van der Waals surface area contributed by atoms with E-state index in [9.17, 15) is 0 Å². The number of fused-ring (bicyclic) bond motifs is 6. The number of hydrogen-bond donors (Lipinski definition) is 0. The molecule has 2 heterocycles. The molecule has 0 radical (unpaired) electrons. The zero-order chi connectivity index (χ0) is 56.9. The van der Waals surface area contributed by atoms with Crippen molar-refractivity contribution in [2.45, 2.75) is 0 Å². The van der Waals surface area contributed by atoms with Crippen molar-refractivity contribution >= 4 is 43.6 Å². The predicted molar refractivity (Wildman–Crippen MR) is 364 cm³/mol. The Hall–Kier alpha value is -11.3. The monoisotopic (exact) mass is 1090 g/mol. The van der Waals surface area contributed by atoms with Crippen LogP contribution in [0.15, 0.2) is 340 Å². The van der Waals surface area contributed by atoms with Crippen molar-refractivity contribution in [1.29, 1.82) is 0 Å². The van der Waals surface area contributed by atoms with Crippen LogP contribution in [0.5, 0.6) is 0 Å². The Kier molecular flexibility index (Phi) is 12.6. The van der Waals surface area contributed by atoms with Gasteiger partial charge in [-0.05, 0) is 161 Å². The highest BCUT2D eigenvalue weighted by Gasteiger charge is 2.22. The fraction of sp³-hybridized carbons (Fsp3) is 0. The van der Waals surface area contributed by atoms with Gasteiger partial charge in [-0.1, -0.05) is 273 Å². The highest BCUT2D eigenvalue weighted by atomic mass is 15.0. The molecule has 0 saturated heterocycles. The van der Waals surface area contributed by atoms with Crippen LogP contribution in [0.4, 0.5) is 0 Å². The number of benzene rings is 14. The molecule has 0 N–H and O–H groups in total. The van der Waals surface area contributed by atoms with E-state index in [0.717, 1.165) is 44.6 Å². The van der Waals surface area contributed by atoms with Crippen LogP contribution in [0.2, 0.25) is 0 Å². The van der Waals surface area contributed by atoms with Crippen LogP contribution in [0.1, 0.15) is 0 Å². The van der Waals surface area contributed by atoms with E-state index < -0.39 is 0 Å². The van der Waals surface area contributed by atoms with Crippen LogP contribution in [-0.2, 0) is 0 Å². The third-order valence-electron chi connectivity index (χ3n) is 17.4. The molecule has 14 aromatic carbocycles. The Bertz CT molecular complexity index is 4920. The van der Waals surface area contributed by atoms with E-state index in [-0.39, 0.29) is 0 Å². The van der Waals surface area contributed by atoms with Gasteiger partial charge in [-0.25, -0.2) is 0 Å². The summed E-state index contributed by atoms with van der Waals surface area (Å²) in [5.74, 6) is 0. The van der Waals surface area contributed by atoms with E-state index in [0.29, 0.717) is 0 Å². The molecule has 0 aliphatic heterocycles. The molecule has 0 bridgehead atoms. The largest absolute Gasteiger partial charge is 0.309 e. The van der Waals surface area contributed by atoms with Gasteiger partial charge in [-0.3, -0.25) is 0 Å². The molecule has 2 heteroatoms. The number of hydrogen-bond acceptors (Lipinski definition) is 0. The maximum atomic E-state index is 2.50. The Labute approximate surface area is 501 Å². The Morgan fingerprint density at radius 3 is 0.721 bits per heavy atom. The van der Waals surface area contributed by atoms with Crippen molar-refractivity contribution in [1.82, 2.24) is 9.13 Å². The van der Waals surface area contributed by atoms with Crippen LogP contribution in [-0.4, -0.2) is 9.13 Å². The summed E-state index contributed by atoms with van der Waals surface area (Å²) >= 11 is 0. The quantitative estimate of drug-likeness (QED) is 0.122. The van der Waals surface area contributed by atoms with Gasteiger partial charge >= 0.3 is 0 Å². The standard InChI is InChI=1S/C84H56N2/c1-5-24-57(25-6-1)67-34-13-17-38-71(67)62-44-48-81-76(53-62)77-54-63(72-39-18-14-35-68(72)58-26-7-2-8-27-58)45-49-82(77)85(81)66-33-23-32-61(52-66)75-42-21-22-43-80(75)86-83-50-46-64(73-40-19-15-36-69(73)59-28-9-3-10-29-59)55-78(83)79-56-65(47-51-84(79)86)74-41-20-16-37-70(74)60-30-11-4-12-31-60/h1-56H. The molecule has 0 unspecified atom stereocenters. The SMILES string of the molecule is c1ccc(-c2ccccc2-c2ccc3c(c2)c2cc(-c4ccccc4-c4ccccc4)ccc2n3-c2cccc(-c3ccccc3-n3c4ccc(-c5ccccc5-c5ccccc5)cc4c4cc(-c5ccccc5-c5ccccc5)ccc43)c2)cc1. The summed E-state index contributed by atoms with van der Waals surface area (Å²) in [5.41, 5.74) is 28.3. The minimum absolute atomic E-state index is 1.10. The molecule has 2 aromatic heterocycles. The molecule has 0 amide bonds. The summed E-state index contributed by atoms with van der Waals surface area (Å²) in [6.07, 6.45) is 0. The van der Waals surface area contributed by atoms with E-state index in [1.54, 1.807) is 0 Å². The Morgan fingerprint density at radius 2 is 0.395 bits per heavy atom. The fourth-order valence-electron chi connectivity index (χ4n) is 13.4. The van der Waals surface area contributed by atoms with Gasteiger partial charge in [0, 0.05) is 32.8 Å². The molecule has 0 spiro atoms. The van der Waals surface area contributed by atoms with Crippen LogP contribution in [0, 0.1) is 0 Å². The average molecular weight is 1090 g/mol. The number of rotatable bonds is 11. The maximum absolute atomic E-state index is 2.50. The van der Waals surface area contributed by atoms with Crippen LogP contribution >= 0.6 is 0 Å². The van der Waals surface area contributed by atoms with E-state index >= 15 is 0 Å². The zero-order valence-corrected chi connectivity index (χ0v) is 47.2. The summed E-state index contributed by atoms with van der Waals surface area (Å²) in [7, 11) is 0. The molecule has 86 heavy (non-hydrogen) atoms. The molecule has 0 atom stereocenters. The lowest BCUT2D eigenvalue weighted by Crippen LogP contribution is -1.99. The van der Waals surface area contributed by atoms with Gasteiger partial charge in [0.05, 0.1) is 27.8 Å². The van der Waals surface area contributed by atoms with Crippen molar-refractivity contribution in [2.24, 2.45) is 0 Å². The van der Waals surface area contributed by atoms with Crippen LogP contribution in [0.3, 0.4) is 0 Å². The second-order valence-corrected chi connectivity index (χ2v) is 22.3. The summed E-state index contributed by atoms with van der Waals surface area (Å²) in [4.78, 5) is 0. The second kappa shape index (κ2) is 21.5. The molecular formula is C84H56N2. The van der Waals surface area contributed by atoms with Crippen molar-refractivity contribution in [3.05, 3.63) is 340 Å². The van der Waals surface area contributed by atoms with Gasteiger partial charge in [0.15, 0.2) is 0 Å².